The van der Waals surface area contributed by atoms with Crippen LogP contribution in [0.3, 0.4) is 0 Å². The number of pyridine rings is 1. The number of halogens is 1. The van der Waals surface area contributed by atoms with E-state index in [1.54, 1.807) is 6.07 Å². The molecule has 0 spiro atoms. The minimum absolute atomic E-state index is 0.172. The van der Waals surface area contributed by atoms with Crippen LogP contribution < -0.4 is 5.32 Å². The maximum atomic E-state index is 12.9. The smallest absolute Gasteiger partial charge is 0.252 e. The molecule has 8 heteroatoms. The molecule has 0 radical (unpaired) electrons. The first-order chi connectivity index (χ1) is 13.6. The Morgan fingerprint density at radius 1 is 1.14 bits per heavy atom. The average Bonchev–Trinajstić information content (AvgIpc) is 3.11. The predicted molar refractivity (Wildman–Crippen MR) is 113 cm³/mol. The van der Waals surface area contributed by atoms with Gasteiger partial charge in [-0.05, 0) is 42.4 Å². The molecule has 4 aromatic rings. The van der Waals surface area contributed by atoms with E-state index >= 15 is 0 Å². The van der Waals surface area contributed by atoms with Crippen LogP contribution in [0.2, 0.25) is 5.02 Å². The Kier molecular flexibility index (Phi) is 5.57. The Morgan fingerprint density at radius 3 is 2.71 bits per heavy atom. The van der Waals surface area contributed by atoms with Gasteiger partial charge in [-0.1, -0.05) is 59.3 Å². The lowest BCUT2D eigenvalue weighted by Gasteiger charge is -2.10. The molecule has 0 aliphatic heterocycles. The quantitative estimate of drug-likeness (QED) is 0.479. The van der Waals surface area contributed by atoms with E-state index in [1.165, 1.54) is 23.1 Å². The molecular formula is C20H15ClN4OS2. The molecule has 0 fully saturated rings. The molecule has 0 saturated carbocycles. The number of benzene rings is 2. The highest BCUT2D eigenvalue weighted by Gasteiger charge is 2.15. The summed E-state index contributed by atoms with van der Waals surface area (Å²) in [5, 5.41) is 14.1. The summed E-state index contributed by atoms with van der Waals surface area (Å²) in [7, 11) is 0. The zero-order valence-electron chi connectivity index (χ0n) is 14.8. The molecule has 2 aromatic heterocycles. The van der Waals surface area contributed by atoms with Gasteiger partial charge in [0, 0.05) is 17.0 Å². The van der Waals surface area contributed by atoms with Gasteiger partial charge in [0.15, 0.2) is 4.34 Å². The van der Waals surface area contributed by atoms with Crippen LogP contribution in [0, 0.1) is 6.92 Å². The van der Waals surface area contributed by atoms with Crippen LogP contribution in [0.4, 0.5) is 0 Å². The largest absolute Gasteiger partial charge is 0.348 e. The highest BCUT2D eigenvalue weighted by Crippen LogP contribution is 2.31. The van der Waals surface area contributed by atoms with E-state index in [-0.39, 0.29) is 5.91 Å². The summed E-state index contributed by atoms with van der Waals surface area (Å²) in [5.74, 6) is -0.172. The molecule has 0 atom stereocenters. The maximum Gasteiger partial charge on any atom is 0.252 e. The van der Waals surface area contributed by atoms with E-state index < -0.39 is 0 Å². The lowest BCUT2D eigenvalue weighted by Crippen LogP contribution is -2.23. The van der Waals surface area contributed by atoms with Crippen LogP contribution >= 0.6 is 34.7 Å². The van der Waals surface area contributed by atoms with Crippen molar-refractivity contribution in [3.63, 3.8) is 0 Å². The summed E-state index contributed by atoms with van der Waals surface area (Å²) in [6.07, 6.45) is 0. The van der Waals surface area contributed by atoms with Crippen molar-refractivity contribution in [1.29, 1.82) is 0 Å². The van der Waals surface area contributed by atoms with E-state index in [4.69, 9.17) is 11.6 Å². The molecule has 5 nitrogen and oxygen atoms in total. The number of fused-ring (bicyclic) bond motifs is 1. The Bertz CT molecular complexity index is 1160. The number of carbonyl (C=O) groups is 1. The fraction of sp³-hybridized carbons (Fsp3) is 0.100. The predicted octanol–water partition coefficient (Wildman–Crippen LogP) is 5.13. The molecule has 2 heterocycles. The van der Waals surface area contributed by atoms with E-state index in [0.29, 0.717) is 22.2 Å². The van der Waals surface area contributed by atoms with Crippen molar-refractivity contribution >= 4 is 51.5 Å². The van der Waals surface area contributed by atoms with Gasteiger partial charge >= 0.3 is 0 Å². The fourth-order valence-electron chi connectivity index (χ4n) is 2.71. The zero-order chi connectivity index (χ0) is 19.5. The second kappa shape index (κ2) is 8.26. The number of rotatable bonds is 5. The van der Waals surface area contributed by atoms with Crippen LogP contribution in [0.15, 0.2) is 64.0 Å². The number of carbonyl (C=O) groups excluding carboxylic acids is 1. The zero-order valence-corrected chi connectivity index (χ0v) is 17.2. The van der Waals surface area contributed by atoms with Gasteiger partial charge in [-0.25, -0.2) is 4.98 Å². The highest BCUT2D eigenvalue weighted by molar-refractivity contribution is 8.01. The first kappa shape index (κ1) is 18.9. The van der Waals surface area contributed by atoms with Crippen molar-refractivity contribution in [2.24, 2.45) is 0 Å². The van der Waals surface area contributed by atoms with Gasteiger partial charge in [-0.3, -0.25) is 4.79 Å². The third-order valence-electron chi connectivity index (χ3n) is 4.03. The molecule has 0 aliphatic carbocycles. The molecule has 2 aromatic carbocycles. The van der Waals surface area contributed by atoms with Gasteiger partial charge in [0.05, 0.1) is 11.1 Å². The third-order valence-corrected chi connectivity index (χ3v) is 6.21. The van der Waals surface area contributed by atoms with Gasteiger partial charge < -0.3 is 5.32 Å². The molecule has 0 aliphatic rings. The summed E-state index contributed by atoms with van der Waals surface area (Å²) in [4.78, 5) is 17.6. The first-order valence-electron chi connectivity index (χ1n) is 8.49. The van der Waals surface area contributed by atoms with Gasteiger partial charge in [0.2, 0.25) is 0 Å². The molecule has 4 rings (SSSR count). The SMILES string of the molecule is Cc1nnc(Sc2cc(C(=O)NCc3ccccc3Cl)c3ccccc3n2)s1. The molecule has 0 bridgehead atoms. The fourth-order valence-corrected chi connectivity index (χ4v) is 4.70. The molecule has 0 saturated heterocycles. The number of hydrogen-bond donors (Lipinski definition) is 1. The maximum absolute atomic E-state index is 12.9. The van der Waals surface area contributed by atoms with Crippen molar-refractivity contribution < 1.29 is 4.79 Å². The normalized spacial score (nSPS) is 10.9. The van der Waals surface area contributed by atoms with Gasteiger partial charge in [0.1, 0.15) is 10.0 Å². The van der Waals surface area contributed by atoms with Gasteiger partial charge in [-0.15, -0.1) is 10.2 Å². The molecule has 1 amide bonds. The summed E-state index contributed by atoms with van der Waals surface area (Å²) in [6.45, 7) is 2.26. The lowest BCUT2D eigenvalue weighted by atomic mass is 10.1. The number of aryl methyl sites for hydroxylation is 1. The van der Waals surface area contributed by atoms with Crippen molar-refractivity contribution in [2.45, 2.75) is 22.8 Å². The van der Waals surface area contributed by atoms with Crippen LogP contribution in [0.25, 0.3) is 10.9 Å². The Morgan fingerprint density at radius 2 is 1.93 bits per heavy atom. The summed E-state index contributed by atoms with van der Waals surface area (Å²) in [5.41, 5.74) is 2.20. The number of amides is 1. The topological polar surface area (TPSA) is 67.8 Å². The number of hydrogen-bond acceptors (Lipinski definition) is 6. The molecular weight excluding hydrogens is 412 g/mol. The molecule has 28 heavy (non-hydrogen) atoms. The van der Waals surface area contributed by atoms with E-state index in [1.807, 2.05) is 55.5 Å². The van der Waals surface area contributed by atoms with E-state index in [2.05, 4.69) is 20.5 Å². The minimum atomic E-state index is -0.172. The number of aromatic nitrogens is 3. The Labute approximate surface area is 175 Å². The second-order valence-corrected chi connectivity index (χ2v) is 8.84. The van der Waals surface area contributed by atoms with Gasteiger partial charge in [0.25, 0.3) is 5.91 Å². The third kappa shape index (κ3) is 4.16. The minimum Gasteiger partial charge on any atom is -0.348 e. The number of para-hydroxylation sites is 1. The Hall–Kier alpha value is -2.48. The average molecular weight is 427 g/mol. The number of nitrogens with one attached hydrogen (secondary N) is 1. The summed E-state index contributed by atoms with van der Waals surface area (Å²) >= 11 is 9.09. The van der Waals surface area contributed by atoms with Gasteiger partial charge in [-0.2, -0.15) is 0 Å². The summed E-state index contributed by atoms with van der Waals surface area (Å²) < 4.78 is 0.794. The van der Waals surface area contributed by atoms with Crippen LogP contribution in [0.1, 0.15) is 20.9 Å². The molecule has 0 unspecified atom stereocenters. The van der Waals surface area contributed by atoms with Crippen molar-refractivity contribution in [3.8, 4) is 0 Å². The van der Waals surface area contributed by atoms with Crippen molar-refractivity contribution in [3.05, 3.63) is 75.8 Å². The standard InChI is InChI=1S/C20H15ClN4OS2/c1-12-24-25-20(27-12)28-18-10-15(14-7-3-5-9-17(14)23-18)19(26)22-11-13-6-2-4-8-16(13)21/h2-10H,11H2,1H3,(H,22,26). The second-order valence-electron chi connectivity index (χ2n) is 5.99. The lowest BCUT2D eigenvalue weighted by molar-refractivity contribution is 0.0952. The highest BCUT2D eigenvalue weighted by atomic mass is 35.5. The van der Waals surface area contributed by atoms with Crippen molar-refractivity contribution in [2.75, 3.05) is 0 Å². The summed E-state index contributed by atoms with van der Waals surface area (Å²) in [6, 6.07) is 16.9. The van der Waals surface area contributed by atoms with E-state index in [9.17, 15) is 4.79 Å². The first-order valence-corrected chi connectivity index (χ1v) is 10.5. The molecule has 140 valence electrons. The Balaban J connectivity index is 1.64. The van der Waals surface area contributed by atoms with Crippen LogP contribution in [0.5, 0.6) is 0 Å². The number of nitrogens with zero attached hydrogens (tertiary/aromatic N) is 3. The van der Waals surface area contributed by atoms with Crippen LogP contribution in [-0.2, 0) is 6.54 Å². The van der Waals surface area contributed by atoms with Crippen LogP contribution in [-0.4, -0.2) is 21.1 Å². The van der Waals surface area contributed by atoms with Crippen molar-refractivity contribution in [1.82, 2.24) is 20.5 Å². The van der Waals surface area contributed by atoms with E-state index in [0.717, 1.165) is 25.8 Å². The molecule has 1 N–H and O–H groups in total. The monoisotopic (exact) mass is 426 g/mol.